The lowest BCUT2D eigenvalue weighted by molar-refractivity contribution is -0.159. The third kappa shape index (κ3) is 2.72. The van der Waals surface area contributed by atoms with Crippen LogP contribution in [0.2, 0.25) is 0 Å². The van der Waals surface area contributed by atoms with E-state index < -0.39 is 17.9 Å². The van der Waals surface area contributed by atoms with Gasteiger partial charge >= 0.3 is 12.1 Å². The molecule has 22 heavy (non-hydrogen) atoms. The molecule has 0 unspecified atom stereocenters. The number of aromatic nitrogens is 4. The zero-order chi connectivity index (χ0) is 15.7. The highest BCUT2D eigenvalue weighted by Gasteiger charge is 2.38. The van der Waals surface area contributed by atoms with Crippen molar-refractivity contribution >= 4 is 17.1 Å². The Labute approximate surface area is 124 Å². The molecule has 0 atom stereocenters. The van der Waals surface area contributed by atoms with E-state index in [0.717, 1.165) is 11.3 Å². The number of carbonyl (C=O) groups excluding carboxylic acids is 1. The second kappa shape index (κ2) is 5.30. The first-order valence-corrected chi connectivity index (χ1v) is 6.59. The van der Waals surface area contributed by atoms with Crippen molar-refractivity contribution in [3.05, 3.63) is 47.2 Å². The molecule has 0 saturated carbocycles. The van der Waals surface area contributed by atoms with Crippen LogP contribution in [0.25, 0.3) is 10.7 Å². The lowest BCUT2D eigenvalue weighted by atomic mass is 10.3. The summed E-state index contributed by atoms with van der Waals surface area (Å²) in [7, 11) is 0. The maximum atomic E-state index is 12.4. The van der Waals surface area contributed by atoms with Gasteiger partial charge in [0.05, 0.1) is 9.75 Å². The molecule has 3 heterocycles. The van der Waals surface area contributed by atoms with Crippen LogP contribution in [0.15, 0.2) is 35.1 Å². The van der Waals surface area contributed by atoms with Gasteiger partial charge in [-0.2, -0.15) is 18.2 Å². The Morgan fingerprint density at radius 2 is 1.91 bits per heavy atom. The highest BCUT2D eigenvalue weighted by Crippen LogP contribution is 2.32. The average molecular weight is 326 g/mol. The summed E-state index contributed by atoms with van der Waals surface area (Å²) in [5.41, 5.74) is 0. The van der Waals surface area contributed by atoms with Gasteiger partial charge in [-0.25, -0.2) is 9.97 Å². The van der Waals surface area contributed by atoms with E-state index in [9.17, 15) is 18.0 Å². The molecule has 3 aromatic heterocycles. The number of hydrogen-bond donors (Lipinski definition) is 0. The van der Waals surface area contributed by atoms with Gasteiger partial charge in [-0.1, -0.05) is 5.16 Å². The number of halogens is 3. The van der Waals surface area contributed by atoms with Crippen LogP contribution in [0, 0.1) is 0 Å². The van der Waals surface area contributed by atoms with Gasteiger partial charge in [0.25, 0.3) is 0 Å². The number of alkyl halides is 3. The van der Waals surface area contributed by atoms with Gasteiger partial charge in [0, 0.05) is 12.4 Å². The molecule has 0 aliphatic heterocycles. The third-order valence-corrected chi connectivity index (χ3v) is 3.57. The predicted molar refractivity (Wildman–Crippen MR) is 68.1 cm³/mol. The summed E-state index contributed by atoms with van der Waals surface area (Å²) in [5.74, 6) is -2.10. The fraction of sp³-hybridized carbons (Fsp3) is 0.0833. The Kier molecular flexibility index (Phi) is 3.45. The maximum absolute atomic E-state index is 12.4. The molecule has 0 fully saturated rings. The van der Waals surface area contributed by atoms with E-state index >= 15 is 0 Å². The van der Waals surface area contributed by atoms with E-state index in [2.05, 4.69) is 24.6 Å². The van der Waals surface area contributed by atoms with Crippen molar-refractivity contribution in [1.82, 2.24) is 20.1 Å². The van der Waals surface area contributed by atoms with Gasteiger partial charge in [0.1, 0.15) is 0 Å². The lowest BCUT2D eigenvalue weighted by Gasteiger charge is -1.95. The lowest BCUT2D eigenvalue weighted by Crippen LogP contribution is -2.04. The summed E-state index contributed by atoms with van der Waals surface area (Å²) in [6.07, 6.45) is -1.87. The maximum Gasteiger partial charge on any atom is 0.471 e. The molecule has 3 rings (SSSR count). The minimum atomic E-state index is -4.71. The van der Waals surface area contributed by atoms with Crippen molar-refractivity contribution < 1.29 is 22.5 Å². The molecule has 0 amide bonds. The number of ketones is 1. The van der Waals surface area contributed by atoms with Crippen molar-refractivity contribution in [3.8, 4) is 10.7 Å². The van der Waals surface area contributed by atoms with Crippen molar-refractivity contribution in [2.24, 2.45) is 0 Å². The minimum absolute atomic E-state index is 0.00000690. The van der Waals surface area contributed by atoms with Crippen LogP contribution >= 0.6 is 11.3 Å². The second-order valence-corrected chi connectivity index (χ2v) is 5.07. The number of thiophene rings is 1. The first-order valence-electron chi connectivity index (χ1n) is 5.78. The van der Waals surface area contributed by atoms with E-state index in [4.69, 9.17) is 0 Å². The van der Waals surface area contributed by atoms with E-state index in [-0.39, 0.29) is 21.4 Å². The van der Waals surface area contributed by atoms with E-state index in [1.807, 2.05) is 0 Å². The van der Waals surface area contributed by atoms with Gasteiger partial charge in [-0.3, -0.25) is 4.79 Å². The van der Waals surface area contributed by atoms with Crippen molar-refractivity contribution in [3.63, 3.8) is 0 Å². The predicted octanol–water partition coefficient (Wildman–Crippen LogP) is 2.84. The highest BCUT2D eigenvalue weighted by molar-refractivity contribution is 7.17. The molecule has 0 bridgehead atoms. The summed E-state index contributed by atoms with van der Waals surface area (Å²) >= 11 is 0.931. The van der Waals surface area contributed by atoms with Gasteiger partial charge < -0.3 is 4.52 Å². The van der Waals surface area contributed by atoms with Crippen LogP contribution in [0.3, 0.4) is 0 Å². The molecule has 0 aliphatic rings. The van der Waals surface area contributed by atoms with Gasteiger partial charge in [-0.15, -0.1) is 11.3 Å². The molecule has 6 nitrogen and oxygen atoms in total. The van der Waals surface area contributed by atoms with Crippen LogP contribution in [0.4, 0.5) is 13.2 Å². The molecule has 0 spiro atoms. The quantitative estimate of drug-likeness (QED) is 0.688. The monoisotopic (exact) mass is 326 g/mol. The number of carbonyl (C=O) groups is 1. The SMILES string of the molecule is O=C(c1ncccn1)c1ccc(-c2noc(C(F)(F)F)n2)s1. The summed E-state index contributed by atoms with van der Waals surface area (Å²) in [6, 6.07) is 4.45. The van der Waals surface area contributed by atoms with Crippen LogP contribution in [0.5, 0.6) is 0 Å². The van der Waals surface area contributed by atoms with Crippen LogP contribution in [-0.4, -0.2) is 25.9 Å². The molecule has 10 heteroatoms. The number of hydrogen-bond acceptors (Lipinski definition) is 7. The minimum Gasteiger partial charge on any atom is -0.329 e. The van der Waals surface area contributed by atoms with Crippen LogP contribution in [-0.2, 0) is 6.18 Å². The zero-order valence-corrected chi connectivity index (χ0v) is 11.4. The standard InChI is InChI=1S/C12H5F3N4O2S/c13-12(14,15)11-18-9(19-21-11)7-3-2-6(22-7)8(20)10-16-4-1-5-17-10/h1-5H. The fourth-order valence-electron chi connectivity index (χ4n) is 1.55. The third-order valence-electron chi connectivity index (χ3n) is 2.49. The Balaban J connectivity index is 1.88. The molecule has 112 valence electrons. The molecule has 0 aromatic carbocycles. The molecule has 0 aliphatic carbocycles. The van der Waals surface area contributed by atoms with Crippen molar-refractivity contribution in [2.45, 2.75) is 6.18 Å². The smallest absolute Gasteiger partial charge is 0.329 e. The normalized spacial score (nSPS) is 11.6. The molecule has 0 N–H and O–H groups in total. The van der Waals surface area contributed by atoms with Crippen LogP contribution in [0.1, 0.15) is 21.4 Å². The highest BCUT2D eigenvalue weighted by atomic mass is 32.1. The van der Waals surface area contributed by atoms with Crippen molar-refractivity contribution in [1.29, 1.82) is 0 Å². The second-order valence-electron chi connectivity index (χ2n) is 3.99. The Hall–Kier alpha value is -2.62. The summed E-state index contributed by atoms with van der Waals surface area (Å²) in [5, 5.41) is 3.26. The fourth-order valence-corrected chi connectivity index (χ4v) is 2.41. The zero-order valence-electron chi connectivity index (χ0n) is 10.5. The number of nitrogens with zero attached hydrogens (tertiary/aromatic N) is 4. The van der Waals surface area contributed by atoms with E-state index in [1.165, 1.54) is 24.5 Å². The Morgan fingerprint density at radius 3 is 2.55 bits per heavy atom. The summed E-state index contributed by atoms with van der Waals surface area (Å²) in [6.45, 7) is 0. The molecule has 0 saturated heterocycles. The van der Waals surface area contributed by atoms with Gasteiger partial charge in [-0.05, 0) is 18.2 Å². The Morgan fingerprint density at radius 1 is 1.18 bits per heavy atom. The summed E-state index contributed by atoms with van der Waals surface area (Å²) < 4.78 is 41.4. The van der Waals surface area contributed by atoms with Crippen molar-refractivity contribution in [2.75, 3.05) is 0 Å². The molecule has 3 aromatic rings. The first-order chi connectivity index (χ1) is 10.4. The van der Waals surface area contributed by atoms with E-state index in [1.54, 1.807) is 6.07 Å². The molecular weight excluding hydrogens is 321 g/mol. The Bertz CT molecular complexity index is 813. The first kappa shape index (κ1) is 14.3. The summed E-state index contributed by atoms with van der Waals surface area (Å²) in [4.78, 5) is 23.5. The average Bonchev–Trinajstić information content (AvgIpc) is 3.15. The largest absolute Gasteiger partial charge is 0.471 e. The molecular formula is C12H5F3N4O2S. The van der Waals surface area contributed by atoms with Crippen LogP contribution < -0.4 is 0 Å². The molecule has 0 radical (unpaired) electrons. The van der Waals surface area contributed by atoms with Gasteiger partial charge in [0.2, 0.25) is 17.4 Å². The van der Waals surface area contributed by atoms with E-state index in [0.29, 0.717) is 0 Å². The number of rotatable bonds is 3. The van der Waals surface area contributed by atoms with Gasteiger partial charge in [0.15, 0.2) is 0 Å². The topological polar surface area (TPSA) is 81.8 Å².